The number of rotatable bonds is 9. The molecule has 2 amide bonds. The van der Waals surface area contributed by atoms with E-state index in [0.717, 1.165) is 16.5 Å². The predicted molar refractivity (Wildman–Crippen MR) is 123 cm³/mol. The number of methoxy groups -OCH3 is 1. The zero-order valence-electron chi connectivity index (χ0n) is 18.6. The molecular formula is C25H29N3O4. The first-order valence-corrected chi connectivity index (χ1v) is 10.7. The number of nitrogens with one attached hydrogen (secondary N) is 3. The van der Waals surface area contributed by atoms with E-state index < -0.39 is 24.0 Å². The summed E-state index contributed by atoms with van der Waals surface area (Å²) in [5.41, 5.74) is 2.30. The Morgan fingerprint density at radius 2 is 1.62 bits per heavy atom. The molecule has 2 aromatic carbocycles. The van der Waals surface area contributed by atoms with Crippen molar-refractivity contribution in [2.24, 2.45) is 5.92 Å². The summed E-state index contributed by atoms with van der Waals surface area (Å²) in [6.45, 7) is 3.92. The van der Waals surface area contributed by atoms with Crippen LogP contribution in [0.5, 0.6) is 0 Å². The molecule has 0 aliphatic carbocycles. The van der Waals surface area contributed by atoms with E-state index in [0.29, 0.717) is 12.0 Å². The number of esters is 1. The third-order valence-corrected chi connectivity index (χ3v) is 5.27. The molecule has 7 heteroatoms. The molecule has 7 nitrogen and oxygen atoms in total. The van der Waals surface area contributed by atoms with Crippen molar-refractivity contribution < 1.29 is 19.1 Å². The fourth-order valence-corrected chi connectivity index (χ4v) is 3.66. The number of aromatic amines is 1. The van der Waals surface area contributed by atoms with Crippen LogP contribution in [0.3, 0.4) is 0 Å². The first kappa shape index (κ1) is 23.1. The molecule has 0 spiro atoms. The van der Waals surface area contributed by atoms with Crippen LogP contribution in [-0.2, 0) is 20.7 Å². The van der Waals surface area contributed by atoms with Gasteiger partial charge in [0.2, 0.25) is 5.91 Å². The number of para-hydroxylation sites is 1. The van der Waals surface area contributed by atoms with E-state index in [1.807, 2.05) is 50.4 Å². The Labute approximate surface area is 187 Å². The van der Waals surface area contributed by atoms with Crippen molar-refractivity contribution in [3.8, 4) is 0 Å². The summed E-state index contributed by atoms with van der Waals surface area (Å²) in [7, 11) is 1.29. The van der Waals surface area contributed by atoms with Crippen LogP contribution in [0, 0.1) is 5.92 Å². The second-order valence-electron chi connectivity index (χ2n) is 8.17. The molecule has 3 rings (SSSR count). The quantitative estimate of drug-likeness (QED) is 0.449. The average molecular weight is 436 g/mol. The number of hydrogen-bond donors (Lipinski definition) is 3. The van der Waals surface area contributed by atoms with Crippen molar-refractivity contribution in [3.05, 3.63) is 71.9 Å². The molecule has 0 saturated heterocycles. The number of fused-ring (bicyclic) bond motifs is 1. The fourth-order valence-electron chi connectivity index (χ4n) is 3.66. The summed E-state index contributed by atoms with van der Waals surface area (Å²) in [6, 6.07) is 14.8. The Balaban J connectivity index is 1.85. The molecule has 0 aliphatic rings. The van der Waals surface area contributed by atoms with Gasteiger partial charge in [-0.3, -0.25) is 9.59 Å². The molecule has 1 heterocycles. The van der Waals surface area contributed by atoms with E-state index in [1.165, 1.54) is 7.11 Å². The number of benzene rings is 2. The van der Waals surface area contributed by atoms with Crippen LogP contribution in [0.15, 0.2) is 60.8 Å². The molecule has 1 aromatic heterocycles. The van der Waals surface area contributed by atoms with Crippen molar-refractivity contribution in [2.75, 3.05) is 7.11 Å². The third kappa shape index (κ3) is 5.75. The van der Waals surface area contributed by atoms with E-state index >= 15 is 0 Å². The second-order valence-corrected chi connectivity index (χ2v) is 8.17. The van der Waals surface area contributed by atoms with Gasteiger partial charge in [0.25, 0.3) is 5.91 Å². The second kappa shape index (κ2) is 10.6. The average Bonchev–Trinajstić information content (AvgIpc) is 3.20. The minimum absolute atomic E-state index is 0.172. The molecule has 0 fully saturated rings. The van der Waals surface area contributed by atoms with E-state index in [1.54, 1.807) is 24.3 Å². The lowest BCUT2D eigenvalue weighted by molar-refractivity contribution is -0.145. The van der Waals surface area contributed by atoms with Crippen LogP contribution in [0.4, 0.5) is 0 Å². The largest absolute Gasteiger partial charge is 0.467 e. The first-order chi connectivity index (χ1) is 15.4. The van der Waals surface area contributed by atoms with Crippen LogP contribution in [0.1, 0.15) is 36.2 Å². The molecule has 168 valence electrons. The molecule has 3 aromatic rings. The summed E-state index contributed by atoms with van der Waals surface area (Å²) >= 11 is 0. The molecule has 2 atom stereocenters. The normalized spacial score (nSPS) is 12.9. The Bertz CT molecular complexity index is 1070. The monoisotopic (exact) mass is 435 g/mol. The van der Waals surface area contributed by atoms with Gasteiger partial charge in [-0.1, -0.05) is 50.2 Å². The lowest BCUT2D eigenvalue weighted by Crippen LogP contribution is -2.53. The van der Waals surface area contributed by atoms with Crippen LogP contribution >= 0.6 is 0 Å². The van der Waals surface area contributed by atoms with Gasteiger partial charge in [-0.05, 0) is 36.1 Å². The van der Waals surface area contributed by atoms with Crippen molar-refractivity contribution in [3.63, 3.8) is 0 Å². The van der Waals surface area contributed by atoms with E-state index in [-0.39, 0.29) is 18.2 Å². The molecule has 0 bridgehead atoms. The minimum atomic E-state index is -0.874. The van der Waals surface area contributed by atoms with Crippen molar-refractivity contribution >= 4 is 28.7 Å². The summed E-state index contributed by atoms with van der Waals surface area (Å²) in [5.74, 6) is -1.13. The number of H-pyrrole nitrogens is 1. The topological polar surface area (TPSA) is 100 Å². The number of hydrogen-bond acceptors (Lipinski definition) is 4. The number of amides is 2. The van der Waals surface area contributed by atoms with E-state index in [2.05, 4.69) is 15.6 Å². The van der Waals surface area contributed by atoms with Gasteiger partial charge >= 0.3 is 5.97 Å². The van der Waals surface area contributed by atoms with Gasteiger partial charge in [0.1, 0.15) is 12.1 Å². The predicted octanol–water partition coefficient (Wildman–Crippen LogP) is 3.21. The van der Waals surface area contributed by atoms with Gasteiger partial charge in [0, 0.05) is 29.1 Å². The highest BCUT2D eigenvalue weighted by Crippen LogP contribution is 2.19. The smallest absolute Gasteiger partial charge is 0.328 e. The molecule has 0 saturated carbocycles. The highest BCUT2D eigenvalue weighted by Gasteiger charge is 2.29. The number of ether oxygens (including phenoxy) is 1. The zero-order chi connectivity index (χ0) is 23.1. The fraction of sp³-hybridized carbons (Fsp3) is 0.320. The summed E-state index contributed by atoms with van der Waals surface area (Å²) in [5, 5.41) is 6.59. The Hall–Kier alpha value is -3.61. The highest BCUT2D eigenvalue weighted by molar-refractivity contribution is 5.98. The van der Waals surface area contributed by atoms with Crippen molar-refractivity contribution in [1.82, 2.24) is 15.6 Å². The van der Waals surface area contributed by atoms with Gasteiger partial charge < -0.3 is 20.4 Å². The van der Waals surface area contributed by atoms with Crippen molar-refractivity contribution in [2.45, 2.75) is 38.8 Å². The SMILES string of the molecule is COC(=O)[C@@H](CC(C)C)NC(=O)[C@H](Cc1c[nH]c2ccccc12)NC(=O)c1ccccc1. The molecular weight excluding hydrogens is 406 g/mol. The van der Waals surface area contributed by atoms with E-state index in [4.69, 9.17) is 4.74 Å². The van der Waals surface area contributed by atoms with Gasteiger partial charge in [-0.15, -0.1) is 0 Å². The van der Waals surface area contributed by atoms with Gasteiger partial charge in [-0.25, -0.2) is 4.79 Å². The molecule has 0 radical (unpaired) electrons. The first-order valence-electron chi connectivity index (χ1n) is 10.7. The van der Waals surface area contributed by atoms with Crippen LogP contribution in [0.2, 0.25) is 0 Å². The molecule has 32 heavy (non-hydrogen) atoms. The van der Waals surface area contributed by atoms with Gasteiger partial charge in [0.15, 0.2) is 0 Å². The van der Waals surface area contributed by atoms with Gasteiger partial charge in [-0.2, -0.15) is 0 Å². The third-order valence-electron chi connectivity index (χ3n) is 5.27. The zero-order valence-corrected chi connectivity index (χ0v) is 18.6. The Kier molecular flexibility index (Phi) is 7.65. The summed E-state index contributed by atoms with van der Waals surface area (Å²) in [6.07, 6.45) is 2.54. The van der Waals surface area contributed by atoms with Crippen LogP contribution < -0.4 is 10.6 Å². The summed E-state index contributed by atoms with van der Waals surface area (Å²) in [4.78, 5) is 41.5. The standard InChI is InChI=1S/C25H29N3O4/c1-16(2)13-22(25(31)32-3)28-24(30)21(27-23(29)17-9-5-4-6-10-17)14-18-15-26-20-12-8-7-11-19(18)20/h4-12,15-16,21-22,26H,13-14H2,1-3H3,(H,27,29)(H,28,30)/t21-,22+/m0/s1. The Morgan fingerprint density at radius 3 is 2.31 bits per heavy atom. The molecule has 0 aliphatic heterocycles. The molecule has 3 N–H and O–H groups in total. The van der Waals surface area contributed by atoms with Crippen molar-refractivity contribution in [1.29, 1.82) is 0 Å². The minimum Gasteiger partial charge on any atom is -0.467 e. The van der Waals surface area contributed by atoms with Crippen LogP contribution in [-0.4, -0.2) is 42.0 Å². The Morgan fingerprint density at radius 1 is 0.938 bits per heavy atom. The maximum Gasteiger partial charge on any atom is 0.328 e. The lowest BCUT2D eigenvalue weighted by Gasteiger charge is -2.23. The number of carbonyl (C=O) groups excluding carboxylic acids is 3. The van der Waals surface area contributed by atoms with Crippen LogP contribution in [0.25, 0.3) is 10.9 Å². The maximum atomic E-state index is 13.2. The molecule has 0 unspecified atom stereocenters. The van der Waals surface area contributed by atoms with E-state index in [9.17, 15) is 14.4 Å². The summed E-state index contributed by atoms with van der Waals surface area (Å²) < 4.78 is 4.86. The highest BCUT2D eigenvalue weighted by atomic mass is 16.5. The number of carbonyl (C=O) groups is 3. The maximum absolute atomic E-state index is 13.2. The number of aromatic nitrogens is 1. The lowest BCUT2D eigenvalue weighted by atomic mass is 10.0. The van der Waals surface area contributed by atoms with Gasteiger partial charge in [0.05, 0.1) is 7.11 Å².